The third-order valence-electron chi connectivity index (χ3n) is 3.95. The van der Waals surface area contributed by atoms with Crippen LogP contribution in [0.5, 0.6) is 5.75 Å². The van der Waals surface area contributed by atoms with Gasteiger partial charge in [-0.15, -0.1) is 0 Å². The van der Waals surface area contributed by atoms with Gasteiger partial charge in [-0.3, -0.25) is 14.9 Å². The molecule has 0 radical (unpaired) electrons. The lowest BCUT2D eigenvalue weighted by Gasteiger charge is -2.13. The molecule has 1 aliphatic heterocycles. The molecule has 0 bridgehead atoms. The van der Waals surface area contributed by atoms with Crippen molar-refractivity contribution < 1.29 is 14.5 Å². The molecule has 6 heteroatoms. The SMILES string of the molecule is Cc1c(C(=O)NCC2Cc3ccccc3O2)cccc1[N+](=O)[O-]. The van der Waals surface area contributed by atoms with Crippen LogP contribution in [0.1, 0.15) is 21.5 Å². The van der Waals surface area contributed by atoms with Crippen LogP contribution < -0.4 is 10.1 Å². The van der Waals surface area contributed by atoms with Gasteiger partial charge in [0.15, 0.2) is 0 Å². The molecule has 0 fully saturated rings. The molecule has 1 heterocycles. The third-order valence-corrected chi connectivity index (χ3v) is 3.95. The summed E-state index contributed by atoms with van der Waals surface area (Å²) in [6, 6.07) is 12.3. The van der Waals surface area contributed by atoms with Crippen LogP contribution in [0, 0.1) is 17.0 Å². The molecule has 0 aliphatic carbocycles. The first kappa shape index (κ1) is 15.0. The van der Waals surface area contributed by atoms with E-state index in [1.807, 2.05) is 24.3 Å². The van der Waals surface area contributed by atoms with E-state index in [4.69, 9.17) is 4.74 Å². The summed E-state index contributed by atoms with van der Waals surface area (Å²) in [4.78, 5) is 22.7. The minimum absolute atomic E-state index is 0.0535. The lowest BCUT2D eigenvalue weighted by atomic mass is 10.1. The first-order chi connectivity index (χ1) is 11.1. The number of benzene rings is 2. The van der Waals surface area contributed by atoms with Crippen LogP contribution in [0.15, 0.2) is 42.5 Å². The fourth-order valence-corrected chi connectivity index (χ4v) is 2.74. The summed E-state index contributed by atoms with van der Waals surface area (Å²) in [7, 11) is 0. The van der Waals surface area contributed by atoms with Gasteiger partial charge < -0.3 is 10.1 Å². The van der Waals surface area contributed by atoms with Crippen LogP contribution in [0.25, 0.3) is 0 Å². The Morgan fingerprint density at radius 3 is 2.83 bits per heavy atom. The molecule has 0 aromatic heterocycles. The molecule has 6 nitrogen and oxygen atoms in total. The highest BCUT2D eigenvalue weighted by Gasteiger charge is 2.24. The van der Waals surface area contributed by atoms with E-state index in [0.29, 0.717) is 17.7 Å². The molecule has 1 aliphatic rings. The number of ether oxygens (including phenoxy) is 1. The summed E-state index contributed by atoms with van der Waals surface area (Å²) in [5, 5.41) is 13.7. The minimum atomic E-state index is -0.483. The fraction of sp³-hybridized carbons (Fsp3) is 0.235. The second-order valence-corrected chi connectivity index (χ2v) is 5.47. The van der Waals surface area contributed by atoms with Crippen LogP contribution in [-0.2, 0) is 6.42 Å². The molecule has 0 spiro atoms. The fourth-order valence-electron chi connectivity index (χ4n) is 2.74. The number of fused-ring (bicyclic) bond motifs is 1. The average Bonchev–Trinajstić information content (AvgIpc) is 2.95. The maximum absolute atomic E-state index is 12.3. The molecule has 1 atom stereocenters. The zero-order chi connectivity index (χ0) is 16.4. The van der Waals surface area contributed by atoms with E-state index >= 15 is 0 Å². The number of nitrogens with zero attached hydrogens (tertiary/aromatic N) is 1. The van der Waals surface area contributed by atoms with Crippen molar-refractivity contribution in [3.63, 3.8) is 0 Å². The number of nitro groups is 1. The second kappa shape index (κ2) is 6.08. The topological polar surface area (TPSA) is 81.5 Å². The van der Waals surface area contributed by atoms with Crippen LogP contribution in [0.4, 0.5) is 5.69 Å². The van der Waals surface area contributed by atoms with Crippen molar-refractivity contribution in [1.82, 2.24) is 5.32 Å². The van der Waals surface area contributed by atoms with Gasteiger partial charge in [0.2, 0.25) is 0 Å². The predicted octanol–water partition coefficient (Wildman–Crippen LogP) is 2.64. The Hall–Kier alpha value is -2.89. The zero-order valence-electron chi connectivity index (χ0n) is 12.6. The molecule has 3 rings (SSSR count). The van der Waals surface area contributed by atoms with Crippen molar-refractivity contribution >= 4 is 11.6 Å². The summed E-state index contributed by atoms with van der Waals surface area (Å²) < 4.78 is 5.76. The van der Waals surface area contributed by atoms with Crippen molar-refractivity contribution in [2.75, 3.05) is 6.54 Å². The van der Waals surface area contributed by atoms with Gasteiger partial charge in [0.25, 0.3) is 11.6 Å². The maximum atomic E-state index is 12.3. The summed E-state index contributed by atoms with van der Waals surface area (Å²) in [6.07, 6.45) is 0.625. The highest BCUT2D eigenvalue weighted by Crippen LogP contribution is 2.28. The maximum Gasteiger partial charge on any atom is 0.273 e. The largest absolute Gasteiger partial charge is 0.488 e. The number of para-hydroxylation sites is 1. The molecule has 0 saturated heterocycles. The van der Waals surface area contributed by atoms with E-state index in [1.165, 1.54) is 12.1 Å². The smallest absolute Gasteiger partial charge is 0.273 e. The van der Waals surface area contributed by atoms with Crippen LogP contribution >= 0.6 is 0 Å². The number of nitrogens with one attached hydrogen (secondary N) is 1. The van der Waals surface area contributed by atoms with Crippen molar-refractivity contribution in [1.29, 1.82) is 0 Å². The number of hydrogen-bond donors (Lipinski definition) is 1. The van der Waals surface area contributed by atoms with E-state index in [1.54, 1.807) is 13.0 Å². The summed E-state index contributed by atoms with van der Waals surface area (Å²) in [6.45, 7) is 1.94. The Labute approximate surface area is 133 Å². The summed E-state index contributed by atoms with van der Waals surface area (Å²) in [5.41, 5.74) is 1.75. The zero-order valence-corrected chi connectivity index (χ0v) is 12.6. The van der Waals surface area contributed by atoms with Crippen LogP contribution in [0.2, 0.25) is 0 Å². The van der Waals surface area contributed by atoms with Crippen molar-refractivity contribution in [2.45, 2.75) is 19.4 Å². The summed E-state index contributed by atoms with van der Waals surface area (Å²) >= 11 is 0. The first-order valence-corrected chi connectivity index (χ1v) is 7.33. The molecule has 2 aromatic rings. The molecule has 1 amide bonds. The van der Waals surface area contributed by atoms with E-state index in [9.17, 15) is 14.9 Å². The highest BCUT2D eigenvalue weighted by atomic mass is 16.6. The van der Waals surface area contributed by atoms with Gasteiger partial charge >= 0.3 is 0 Å². The Bertz CT molecular complexity index is 748. The molecule has 118 valence electrons. The van der Waals surface area contributed by atoms with Gasteiger partial charge in [-0.05, 0) is 24.6 Å². The summed E-state index contributed by atoms with van der Waals surface area (Å²) in [5.74, 6) is 0.518. The van der Waals surface area contributed by atoms with E-state index < -0.39 is 4.92 Å². The van der Waals surface area contributed by atoms with Crippen molar-refractivity contribution in [2.24, 2.45) is 0 Å². The number of nitro benzene ring substituents is 1. The number of carbonyl (C=O) groups is 1. The van der Waals surface area contributed by atoms with Crippen LogP contribution in [0.3, 0.4) is 0 Å². The Kier molecular flexibility index (Phi) is 3.97. The molecule has 23 heavy (non-hydrogen) atoms. The number of amides is 1. The molecule has 0 saturated carbocycles. The number of carbonyl (C=O) groups excluding carboxylic acids is 1. The standard InChI is InChI=1S/C17H16N2O4/c1-11-14(6-4-7-15(11)19(21)22)17(20)18-10-13-9-12-5-2-3-8-16(12)23-13/h2-8,13H,9-10H2,1H3,(H,18,20). The Morgan fingerprint density at radius 2 is 2.09 bits per heavy atom. The third kappa shape index (κ3) is 3.01. The molecular formula is C17H16N2O4. The quantitative estimate of drug-likeness (QED) is 0.695. The van der Waals surface area contributed by atoms with Gasteiger partial charge in [0, 0.05) is 23.6 Å². The Balaban J connectivity index is 1.65. The van der Waals surface area contributed by atoms with Gasteiger partial charge in [0.1, 0.15) is 11.9 Å². The van der Waals surface area contributed by atoms with Crippen LogP contribution in [-0.4, -0.2) is 23.5 Å². The molecule has 2 aromatic carbocycles. The minimum Gasteiger partial charge on any atom is -0.488 e. The van der Waals surface area contributed by atoms with Crippen molar-refractivity contribution in [3.8, 4) is 5.75 Å². The van der Waals surface area contributed by atoms with Gasteiger partial charge in [-0.2, -0.15) is 0 Å². The predicted molar refractivity (Wildman–Crippen MR) is 84.7 cm³/mol. The van der Waals surface area contributed by atoms with E-state index in [2.05, 4.69) is 5.32 Å². The van der Waals surface area contributed by atoms with E-state index in [-0.39, 0.29) is 17.7 Å². The van der Waals surface area contributed by atoms with E-state index in [0.717, 1.165) is 17.7 Å². The number of rotatable bonds is 4. The lowest BCUT2D eigenvalue weighted by molar-refractivity contribution is -0.385. The molecule has 1 N–H and O–H groups in total. The second-order valence-electron chi connectivity index (χ2n) is 5.47. The van der Waals surface area contributed by atoms with Gasteiger partial charge in [0.05, 0.1) is 11.5 Å². The Morgan fingerprint density at radius 1 is 1.30 bits per heavy atom. The average molecular weight is 312 g/mol. The lowest BCUT2D eigenvalue weighted by Crippen LogP contribution is -2.34. The van der Waals surface area contributed by atoms with Crippen molar-refractivity contribution in [3.05, 3.63) is 69.3 Å². The van der Waals surface area contributed by atoms with Gasteiger partial charge in [-0.1, -0.05) is 24.3 Å². The van der Waals surface area contributed by atoms with Gasteiger partial charge in [-0.25, -0.2) is 0 Å². The molecule has 1 unspecified atom stereocenters. The number of hydrogen-bond acceptors (Lipinski definition) is 4. The molecular weight excluding hydrogens is 296 g/mol. The monoisotopic (exact) mass is 312 g/mol. The highest BCUT2D eigenvalue weighted by molar-refractivity contribution is 5.96. The first-order valence-electron chi connectivity index (χ1n) is 7.33. The normalized spacial score (nSPS) is 15.6.